The minimum Gasteiger partial charge on any atom is -0.493 e. The highest BCUT2D eigenvalue weighted by atomic mass is 32.2. The second-order valence-electron chi connectivity index (χ2n) is 6.65. The average Bonchev–Trinajstić information content (AvgIpc) is 3.22. The first-order valence-electron chi connectivity index (χ1n) is 9.54. The van der Waals surface area contributed by atoms with Crippen LogP contribution in [0.5, 0.6) is 5.75 Å². The van der Waals surface area contributed by atoms with E-state index in [2.05, 4.69) is 10.3 Å². The van der Waals surface area contributed by atoms with Crippen LogP contribution in [0.1, 0.15) is 37.3 Å². The van der Waals surface area contributed by atoms with E-state index in [1.165, 1.54) is 28.8 Å². The van der Waals surface area contributed by atoms with Crippen molar-refractivity contribution in [3.63, 3.8) is 0 Å². The number of anilines is 1. The van der Waals surface area contributed by atoms with Crippen LogP contribution in [0, 0.1) is 0 Å². The number of nitrogens with zero attached hydrogens (tertiary/aromatic N) is 2. The third kappa shape index (κ3) is 5.27. The zero-order valence-corrected chi connectivity index (χ0v) is 17.2. The van der Waals surface area contributed by atoms with Gasteiger partial charge in [-0.15, -0.1) is 0 Å². The molecule has 1 aromatic heterocycles. The molecule has 1 aromatic carbocycles. The van der Waals surface area contributed by atoms with Crippen LogP contribution in [0.15, 0.2) is 48.1 Å². The summed E-state index contributed by atoms with van der Waals surface area (Å²) in [6.45, 7) is 2.22. The third-order valence-corrected chi connectivity index (χ3v) is 5.48. The summed E-state index contributed by atoms with van der Waals surface area (Å²) < 4.78 is 46.2. The van der Waals surface area contributed by atoms with E-state index in [1.807, 2.05) is 18.4 Å². The van der Waals surface area contributed by atoms with Gasteiger partial charge < -0.3 is 10.1 Å². The largest absolute Gasteiger partial charge is 0.493 e. The molecule has 1 amide bonds. The number of hydrogen-bond donors (Lipinski definition) is 1. The minimum absolute atomic E-state index is 0.129. The number of benzene rings is 1. The molecule has 0 radical (unpaired) electrons. The van der Waals surface area contributed by atoms with Gasteiger partial charge in [-0.2, -0.15) is 13.2 Å². The van der Waals surface area contributed by atoms with Gasteiger partial charge in [0.25, 0.3) is 0 Å². The Kier molecular flexibility index (Phi) is 7.25. The topological polar surface area (TPSA) is 54.5 Å². The number of ether oxygens (including phenoxy) is 1. The molecule has 0 aliphatic carbocycles. The van der Waals surface area contributed by atoms with Crippen LogP contribution in [0.3, 0.4) is 0 Å². The number of nitrogens with one attached hydrogen (secondary N) is 1. The zero-order chi connectivity index (χ0) is 21.6. The molecule has 1 unspecified atom stereocenters. The summed E-state index contributed by atoms with van der Waals surface area (Å²) >= 11 is 1.29. The fourth-order valence-corrected chi connectivity index (χ4v) is 3.92. The number of carbonyl (C=O) groups excluding carboxylic acids is 1. The number of thioether (sulfide) groups is 1. The van der Waals surface area contributed by atoms with Crippen molar-refractivity contribution >= 4 is 29.6 Å². The number of hydrogen-bond acceptors (Lipinski definition) is 5. The molecule has 0 saturated heterocycles. The Morgan fingerprint density at radius 3 is 2.80 bits per heavy atom. The Balaban J connectivity index is 1.79. The molecule has 1 aliphatic heterocycles. The quantitative estimate of drug-likeness (QED) is 0.429. The van der Waals surface area contributed by atoms with Crippen molar-refractivity contribution in [3.05, 3.63) is 59.3 Å². The highest BCUT2D eigenvalue weighted by molar-refractivity contribution is 8.03. The second-order valence-corrected chi connectivity index (χ2v) is 7.61. The summed E-state index contributed by atoms with van der Waals surface area (Å²) in [5, 5.41) is 4.96. The van der Waals surface area contributed by atoms with Gasteiger partial charge in [0, 0.05) is 23.6 Å². The third-order valence-electron chi connectivity index (χ3n) is 4.50. The summed E-state index contributed by atoms with van der Waals surface area (Å²) in [5.41, 5.74) is 0.230. The number of rotatable bonds is 9. The van der Waals surface area contributed by atoms with Crippen molar-refractivity contribution in [2.75, 3.05) is 11.5 Å². The number of pyridine rings is 1. The summed E-state index contributed by atoms with van der Waals surface area (Å²) in [6.07, 6.45) is 1.74. The van der Waals surface area contributed by atoms with Crippen molar-refractivity contribution in [3.8, 4) is 5.75 Å². The number of carbonyl (C=O) groups is 1. The van der Waals surface area contributed by atoms with Crippen LogP contribution >= 0.6 is 11.8 Å². The first-order valence-corrected chi connectivity index (χ1v) is 10.5. The molecule has 5 nitrogen and oxygen atoms in total. The van der Waals surface area contributed by atoms with Crippen LogP contribution in [0.2, 0.25) is 0 Å². The molecule has 2 heterocycles. The highest BCUT2D eigenvalue weighted by Crippen LogP contribution is 2.40. The maximum Gasteiger partial charge on any atom is 0.420 e. The fourth-order valence-electron chi connectivity index (χ4n) is 2.95. The molecule has 9 heteroatoms. The summed E-state index contributed by atoms with van der Waals surface area (Å²) in [4.78, 5) is 17.0. The smallest absolute Gasteiger partial charge is 0.420 e. The van der Waals surface area contributed by atoms with E-state index >= 15 is 0 Å². The van der Waals surface area contributed by atoms with Gasteiger partial charge >= 0.3 is 6.18 Å². The minimum atomic E-state index is -4.60. The van der Waals surface area contributed by atoms with Crippen LogP contribution in [-0.4, -0.2) is 23.5 Å². The second kappa shape index (κ2) is 9.88. The van der Waals surface area contributed by atoms with Gasteiger partial charge in [0.15, 0.2) is 5.50 Å². The Hall–Kier alpha value is -2.68. The number of unbranched alkanes of at least 4 members (excludes halogenated alkanes) is 2. The predicted molar refractivity (Wildman–Crippen MR) is 112 cm³/mol. The first kappa shape index (κ1) is 22.0. The normalized spacial score (nSPS) is 16.0. The Labute approximate surface area is 177 Å². The zero-order valence-electron chi connectivity index (χ0n) is 16.4. The van der Waals surface area contributed by atoms with Gasteiger partial charge in [0.1, 0.15) is 5.75 Å². The van der Waals surface area contributed by atoms with Gasteiger partial charge in [-0.3, -0.25) is 14.7 Å². The molecule has 1 atom stereocenters. The lowest BCUT2D eigenvalue weighted by molar-refractivity contribution is -0.139. The van der Waals surface area contributed by atoms with Crippen LogP contribution in [0.4, 0.5) is 18.9 Å². The lowest BCUT2D eigenvalue weighted by atomic mass is 10.1. The van der Waals surface area contributed by atoms with Gasteiger partial charge in [-0.1, -0.05) is 31.5 Å². The van der Waals surface area contributed by atoms with E-state index in [4.69, 9.17) is 4.74 Å². The van der Waals surface area contributed by atoms with Crippen LogP contribution < -0.4 is 15.0 Å². The molecule has 0 saturated carbocycles. The molecule has 0 bridgehead atoms. The van der Waals surface area contributed by atoms with Crippen molar-refractivity contribution in [1.82, 2.24) is 10.3 Å². The van der Waals surface area contributed by atoms with E-state index in [-0.39, 0.29) is 18.0 Å². The van der Waals surface area contributed by atoms with E-state index < -0.39 is 17.2 Å². The first-order chi connectivity index (χ1) is 14.4. The number of aromatic nitrogens is 1. The summed E-state index contributed by atoms with van der Waals surface area (Å²) in [6, 6.07) is 7.32. The summed E-state index contributed by atoms with van der Waals surface area (Å²) in [5.74, 6) is -0.227. The molecule has 160 valence electrons. The van der Waals surface area contributed by atoms with Crippen molar-refractivity contribution in [2.24, 2.45) is 0 Å². The van der Waals surface area contributed by atoms with Crippen molar-refractivity contribution in [2.45, 2.75) is 37.9 Å². The Morgan fingerprint density at radius 2 is 2.13 bits per heavy atom. The number of halogens is 3. The van der Waals surface area contributed by atoms with E-state index in [0.717, 1.165) is 30.2 Å². The van der Waals surface area contributed by atoms with Gasteiger partial charge in [0.2, 0.25) is 6.41 Å². The molecule has 1 aliphatic rings. The van der Waals surface area contributed by atoms with Gasteiger partial charge in [-0.25, -0.2) is 0 Å². The maximum absolute atomic E-state index is 13.6. The van der Waals surface area contributed by atoms with Gasteiger partial charge in [0.05, 0.1) is 17.9 Å². The SMILES string of the molecule is CCCCCOc1ccc(N(C=O)C2NC(c3cccnc3)=CS2)cc1C(F)(F)F. The standard InChI is InChI=1S/C21H22F3N3O2S/c1-2-3-4-10-29-19-8-7-16(11-17(19)21(22,23)24)27(14-28)20-26-18(13-30-20)15-6-5-9-25-12-15/h5-9,11-14,20,26H,2-4,10H2,1H3. The lowest BCUT2D eigenvalue weighted by Crippen LogP contribution is -2.39. The Bertz CT molecular complexity index is 891. The average molecular weight is 437 g/mol. The molecule has 0 fully saturated rings. The number of amides is 1. The molecule has 30 heavy (non-hydrogen) atoms. The van der Waals surface area contributed by atoms with E-state index in [1.54, 1.807) is 18.5 Å². The van der Waals surface area contributed by atoms with Gasteiger partial charge in [-0.05, 0) is 42.2 Å². The predicted octanol–water partition coefficient (Wildman–Crippen LogP) is 5.25. The molecular formula is C21H22F3N3O2S. The summed E-state index contributed by atoms with van der Waals surface area (Å²) in [7, 11) is 0. The lowest BCUT2D eigenvalue weighted by Gasteiger charge is -2.26. The fraction of sp³-hybridized carbons (Fsp3) is 0.333. The van der Waals surface area contributed by atoms with Crippen LogP contribution in [-0.2, 0) is 11.0 Å². The Morgan fingerprint density at radius 1 is 1.30 bits per heavy atom. The molecule has 1 N–H and O–H groups in total. The molecule has 3 rings (SSSR count). The molecule has 2 aromatic rings. The van der Waals surface area contributed by atoms with Crippen LogP contribution in [0.25, 0.3) is 5.70 Å². The van der Waals surface area contributed by atoms with E-state index in [9.17, 15) is 18.0 Å². The monoisotopic (exact) mass is 437 g/mol. The molecule has 0 spiro atoms. The molecular weight excluding hydrogens is 415 g/mol. The van der Waals surface area contributed by atoms with Crippen molar-refractivity contribution < 1.29 is 22.7 Å². The number of alkyl halides is 3. The van der Waals surface area contributed by atoms with Crippen molar-refractivity contribution in [1.29, 1.82) is 0 Å². The maximum atomic E-state index is 13.6. The van der Waals surface area contributed by atoms with E-state index in [0.29, 0.717) is 12.8 Å². The highest BCUT2D eigenvalue weighted by Gasteiger charge is 2.36.